The Balaban J connectivity index is 2.35. The van der Waals surface area contributed by atoms with Gasteiger partial charge in [0.2, 0.25) is 0 Å². The quantitative estimate of drug-likeness (QED) is 0.494. The highest BCUT2D eigenvalue weighted by atomic mass is 16.3. The molecular formula is C8H18N2O2. The molecule has 1 rings (SSSR count). The number of β-amino-alcohol motifs (C(OH)–C–C–N with tert-alkyl or cyclic N) is 1. The third-order valence-electron chi connectivity index (χ3n) is 2.27. The number of nitrogens with zero attached hydrogens (tertiary/aromatic N) is 1. The first-order valence-corrected chi connectivity index (χ1v) is 4.38. The zero-order valence-corrected chi connectivity index (χ0v) is 7.70. The lowest BCUT2D eigenvalue weighted by Crippen LogP contribution is -2.43. The molecule has 1 fully saturated rings. The average molecular weight is 174 g/mol. The highest BCUT2D eigenvalue weighted by Crippen LogP contribution is 2.07. The van der Waals surface area contributed by atoms with Gasteiger partial charge in [-0.25, -0.2) is 0 Å². The van der Waals surface area contributed by atoms with Gasteiger partial charge in [-0.1, -0.05) is 0 Å². The second kappa shape index (κ2) is 4.18. The van der Waals surface area contributed by atoms with Crippen LogP contribution in [0, 0.1) is 0 Å². The van der Waals surface area contributed by atoms with Gasteiger partial charge < -0.3 is 15.5 Å². The Morgan fingerprint density at radius 3 is 2.67 bits per heavy atom. The average Bonchev–Trinajstić information content (AvgIpc) is 2.33. The summed E-state index contributed by atoms with van der Waals surface area (Å²) in [5, 5.41) is 21.7. The molecule has 3 atom stereocenters. The maximum Gasteiger partial charge on any atom is 0.0831 e. The lowest BCUT2D eigenvalue weighted by Gasteiger charge is -2.27. The molecule has 3 N–H and O–H groups in total. The summed E-state index contributed by atoms with van der Waals surface area (Å²) in [7, 11) is 1.92. The minimum absolute atomic E-state index is 0.152. The van der Waals surface area contributed by atoms with E-state index < -0.39 is 0 Å². The van der Waals surface area contributed by atoms with E-state index in [1.165, 1.54) is 0 Å². The summed E-state index contributed by atoms with van der Waals surface area (Å²) in [6, 6.07) is 0.152. The fraction of sp³-hybridized carbons (Fsp3) is 1.00. The molecule has 4 nitrogen and oxygen atoms in total. The Morgan fingerprint density at radius 1 is 1.58 bits per heavy atom. The summed E-state index contributed by atoms with van der Waals surface area (Å²) in [5.41, 5.74) is 0. The number of aliphatic hydroxyl groups excluding tert-OH is 2. The van der Waals surface area contributed by atoms with E-state index in [0.717, 1.165) is 6.54 Å². The first-order valence-electron chi connectivity index (χ1n) is 4.38. The van der Waals surface area contributed by atoms with E-state index in [9.17, 15) is 5.11 Å². The lowest BCUT2D eigenvalue weighted by molar-refractivity contribution is 0.0658. The van der Waals surface area contributed by atoms with Gasteiger partial charge in [0, 0.05) is 25.7 Å². The predicted octanol–water partition coefficient (Wildman–Crippen LogP) is -1.37. The molecule has 0 aromatic rings. The van der Waals surface area contributed by atoms with Crippen LogP contribution in [0.3, 0.4) is 0 Å². The van der Waals surface area contributed by atoms with Crippen molar-refractivity contribution >= 4 is 0 Å². The van der Waals surface area contributed by atoms with Crippen LogP contribution in [0.25, 0.3) is 0 Å². The molecule has 72 valence electrons. The first kappa shape index (κ1) is 9.92. The van der Waals surface area contributed by atoms with Crippen LogP contribution in [0.15, 0.2) is 0 Å². The number of nitrogens with one attached hydrogen (secondary N) is 1. The van der Waals surface area contributed by atoms with Crippen molar-refractivity contribution in [2.24, 2.45) is 0 Å². The smallest absolute Gasteiger partial charge is 0.0831 e. The third kappa shape index (κ3) is 2.42. The molecule has 4 heteroatoms. The molecule has 1 heterocycles. The molecule has 0 aliphatic carbocycles. The van der Waals surface area contributed by atoms with Crippen molar-refractivity contribution in [1.29, 1.82) is 0 Å². The van der Waals surface area contributed by atoms with Crippen LogP contribution in [0.1, 0.15) is 6.92 Å². The van der Waals surface area contributed by atoms with Crippen LogP contribution in [0.2, 0.25) is 0 Å². The van der Waals surface area contributed by atoms with Gasteiger partial charge >= 0.3 is 0 Å². The fourth-order valence-electron chi connectivity index (χ4n) is 1.65. The Bertz CT molecular complexity index is 141. The minimum atomic E-state index is -0.331. The molecule has 1 aliphatic heterocycles. The summed E-state index contributed by atoms with van der Waals surface area (Å²) < 4.78 is 0. The predicted molar refractivity (Wildman–Crippen MR) is 47.0 cm³/mol. The van der Waals surface area contributed by atoms with Crippen molar-refractivity contribution in [2.45, 2.75) is 25.2 Å². The molecule has 0 aromatic heterocycles. The van der Waals surface area contributed by atoms with Gasteiger partial charge in [0.1, 0.15) is 0 Å². The second-order valence-corrected chi connectivity index (χ2v) is 3.58. The van der Waals surface area contributed by atoms with Crippen LogP contribution in [-0.4, -0.2) is 60.0 Å². The zero-order chi connectivity index (χ0) is 9.14. The van der Waals surface area contributed by atoms with E-state index in [1.807, 2.05) is 11.9 Å². The van der Waals surface area contributed by atoms with Crippen LogP contribution in [-0.2, 0) is 0 Å². The van der Waals surface area contributed by atoms with E-state index >= 15 is 0 Å². The summed E-state index contributed by atoms with van der Waals surface area (Å²) in [4.78, 5) is 2.00. The molecule has 0 spiro atoms. The Morgan fingerprint density at radius 2 is 2.25 bits per heavy atom. The Labute approximate surface area is 73.2 Å². The third-order valence-corrected chi connectivity index (χ3v) is 2.27. The number of rotatable bonds is 3. The van der Waals surface area contributed by atoms with E-state index in [0.29, 0.717) is 13.1 Å². The molecule has 1 unspecified atom stereocenters. The Kier molecular flexibility index (Phi) is 3.46. The van der Waals surface area contributed by atoms with Gasteiger partial charge in [-0.05, 0) is 14.0 Å². The molecule has 12 heavy (non-hydrogen) atoms. The van der Waals surface area contributed by atoms with Gasteiger partial charge in [0.15, 0.2) is 0 Å². The molecule has 1 saturated heterocycles. The van der Waals surface area contributed by atoms with Gasteiger partial charge in [-0.15, -0.1) is 0 Å². The number of hydrogen-bond acceptors (Lipinski definition) is 4. The van der Waals surface area contributed by atoms with Crippen molar-refractivity contribution in [3.05, 3.63) is 0 Å². The normalized spacial score (nSPS) is 32.8. The van der Waals surface area contributed by atoms with Crippen molar-refractivity contribution < 1.29 is 10.2 Å². The highest BCUT2D eigenvalue weighted by molar-refractivity contribution is 4.87. The van der Waals surface area contributed by atoms with Crippen LogP contribution in [0.4, 0.5) is 0 Å². The monoisotopic (exact) mass is 174 g/mol. The van der Waals surface area contributed by atoms with Gasteiger partial charge in [-0.3, -0.25) is 4.90 Å². The zero-order valence-electron chi connectivity index (χ0n) is 7.70. The summed E-state index contributed by atoms with van der Waals surface area (Å²) >= 11 is 0. The SMILES string of the molecule is CC(O)CN(C)[C@@H]1CNC[C@H]1O. The maximum absolute atomic E-state index is 9.49. The van der Waals surface area contributed by atoms with Crippen molar-refractivity contribution in [2.75, 3.05) is 26.7 Å². The van der Waals surface area contributed by atoms with E-state index in [4.69, 9.17) is 5.11 Å². The Hall–Kier alpha value is -0.160. The van der Waals surface area contributed by atoms with E-state index in [1.54, 1.807) is 6.92 Å². The van der Waals surface area contributed by atoms with Crippen LogP contribution in [0.5, 0.6) is 0 Å². The maximum atomic E-state index is 9.49. The van der Waals surface area contributed by atoms with Gasteiger partial charge in [0.25, 0.3) is 0 Å². The van der Waals surface area contributed by atoms with Gasteiger partial charge in [-0.2, -0.15) is 0 Å². The summed E-state index contributed by atoms with van der Waals surface area (Å²) in [6.45, 7) is 3.84. The first-order chi connectivity index (χ1) is 5.61. The van der Waals surface area contributed by atoms with E-state index in [-0.39, 0.29) is 18.2 Å². The lowest BCUT2D eigenvalue weighted by atomic mass is 10.2. The number of hydrogen-bond donors (Lipinski definition) is 3. The summed E-state index contributed by atoms with van der Waals surface area (Å²) in [6.07, 6.45) is -0.628. The number of aliphatic hydroxyl groups is 2. The second-order valence-electron chi connectivity index (χ2n) is 3.58. The van der Waals surface area contributed by atoms with Crippen molar-refractivity contribution in [3.8, 4) is 0 Å². The highest BCUT2D eigenvalue weighted by Gasteiger charge is 2.28. The minimum Gasteiger partial charge on any atom is -0.392 e. The summed E-state index contributed by atoms with van der Waals surface area (Å²) in [5.74, 6) is 0. The standard InChI is InChI=1S/C8H18N2O2/c1-6(11)5-10(2)7-3-9-4-8(7)12/h6-9,11-12H,3-5H2,1-2H3/t6?,7-,8-/m1/s1. The topological polar surface area (TPSA) is 55.7 Å². The van der Waals surface area contributed by atoms with Crippen LogP contribution < -0.4 is 5.32 Å². The molecule has 0 bridgehead atoms. The van der Waals surface area contributed by atoms with Crippen molar-refractivity contribution in [3.63, 3.8) is 0 Å². The fourth-order valence-corrected chi connectivity index (χ4v) is 1.65. The molecule has 0 amide bonds. The molecule has 0 aromatic carbocycles. The molecule has 0 radical (unpaired) electrons. The van der Waals surface area contributed by atoms with Gasteiger partial charge in [0.05, 0.1) is 12.2 Å². The number of likely N-dealkylation sites (N-methyl/N-ethyl adjacent to an activating group) is 1. The molecule has 0 saturated carbocycles. The van der Waals surface area contributed by atoms with E-state index in [2.05, 4.69) is 5.32 Å². The largest absolute Gasteiger partial charge is 0.392 e. The van der Waals surface area contributed by atoms with Crippen LogP contribution >= 0.6 is 0 Å². The molecular weight excluding hydrogens is 156 g/mol. The molecule has 1 aliphatic rings. The van der Waals surface area contributed by atoms with Crippen molar-refractivity contribution in [1.82, 2.24) is 10.2 Å².